The number of nitrogens with one attached hydrogen (secondary N) is 1. The van der Waals surface area contributed by atoms with E-state index in [0.717, 1.165) is 18.4 Å². The van der Waals surface area contributed by atoms with E-state index in [9.17, 15) is 4.79 Å². The average molecular weight is 261 g/mol. The number of hydrogen-bond donors (Lipinski definition) is 1. The highest BCUT2D eigenvalue weighted by Crippen LogP contribution is 2.55. The standard InChI is InChI=1S/C16H23NO2/c1-11(2)12-5-7-13(8-6-12)14(17-3)16(9-10-16)15(18)19-4/h5-8,11,14,17H,9-10H2,1-4H3. The number of hydrogen-bond acceptors (Lipinski definition) is 3. The van der Waals surface area contributed by atoms with Gasteiger partial charge in [0.05, 0.1) is 12.5 Å². The van der Waals surface area contributed by atoms with Crippen LogP contribution in [0.2, 0.25) is 0 Å². The molecular formula is C16H23NO2. The lowest BCUT2D eigenvalue weighted by atomic mass is 9.89. The third-order valence-corrected chi connectivity index (χ3v) is 4.16. The minimum absolute atomic E-state index is 0.0427. The molecule has 1 aromatic rings. The molecule has 1 aliphatic rings. The smallest absolute Gasteiger partial charge is 0.313 e. The van der Waals surface area contributed by atoms with E-state index in [1.807, 2.05) is 7.05 Å². The van der Waals surface area contributed by atoms with Crippen LogP contribution in [0.5, 0.6) is 0 Å². The second-order valence-electron chi connectivity index (χ2n) is 5.69. The Balaban J connectivity index is 2.25. The fourth-order valence-corrected chi connectivity index (χ4v) is 2.78. The first kappa shape index (κ1) is 14.1. The molecule has 1 saturated carbocycles. The second kappa shape index (κ2) is 5.33. The predicted octanol–water partition coefficient (Wildman–Crippen LogP) is 3.02. The van der Waals surface area contributed by atoms with E-state index < -0.39 is 0 Å². The van der Waals surface area contributed by atoms with Crippen molar-refractivity contribution in [1.82, 2.24) is 5.32 Å². The zero-order chi connectivity index (χ0) is 14.0. The van der Waals surface area contributed by atoms with Gasteiger partial charge in [-0.25, -0.2) is 0 Å². The Morgan fingerprint density at radius 3 is 2.11 bits per heavy atom. The van der Waals surface area contributed by atoms with Gasteiger partial charge in [-0.1, -0.05) is 38.1 Å². The fraction of sp³-hybridized carbons (Fsp3) is 0.562. The van der Waals surface area contributed by atoms with Crippen molar-refractivity contribution in [2.45, 2.75) is 38.6 Å². The Bertz CT molecular complexity index is 446. The van der Waals surface area contributed by atoms with Crippen molar-refractivity contribution in [2.75, 3.05) is 14.2 Å². The summed E-state index contributed by atoms with van der Waals surface area (Å²) in [4.78, 5) is 12.0. The van der Waals surface area contributed by atoms with Crippen molar-refractivity contribution in [3.63, 3.8) is 0 Å². The van der Waals surface area contributed by atoms with Crippen LogP contribution in [0.25, 0.3) is 0 Å². The average Bonchev–Trinajstić information content (AvgIpc) is 3.21. The fourth-order valence-electron chi connectivity index (χ4n) is 2.78. The molecule has 1 atom stereocenters. The quantitative estimate of drug-likeness (QED) is 0.828. The first-order valence-electron chi connectivity index (χ1n) is 6.90. The van der Waals surface area contributed by atoms with Gasteiger partial charge in [0.2, 0.25) is 0 Å². The molecule has 2 rings (SSSR count). The van der Waals surface area contributed by atoms with Crippen molar-refractivity contribution < 1.29 is 9.53 Å². The first-order valence-corrected chi connectivity index (χ1v) is 6.90. The van der Waals surface area contributed by atoms with Crippen LogP contribution in [-0.4, -0.2) is 20.1 Å². The van der Waals surface area contributed by atoms with Crippen LogP contribution in [0.4, 0.5) is 0 Å². The van der Waals surface area contributed by atoms with Crippen molar-refractivity contribution >= 4 is 5.97 Å². The summed E-state index contributed by atoms with van der Waals surface area (Å²) >= 11 is 0. The van der Waals surface area contributed by atoms with Crippen LogP contribution in [0.15, 0.2) is 24.3 Å². The van der Waals surface area contributed by atoms with E-state index in [0.29, 0.717) is 5.92 Å². The monoisotopic (exact) mass is 261 g/mol. The van der Waals surface area contributed by atoms with E-state index in [4.69, 9.17) is 4.74 Å². The Hall–Kier alpha value is -1.35. The van der Waals surface area contributed by atoms with Gasteiger partial charge in [0, 0.05) is 6.04 Å². The molecule has 3 nitrogen and oxygen atoms in total. The van der Waals surface area contributed by atoms with Gasteiger partial charge in [-0.15, -0.1) is 0 Å². The Kier molecular flexibility index (Phi) is 3.95. The Morgan fingerprint density at radius 1 is 1.21 bits per heavy atom. The van der Waals surface area contributed by atoms with Crippen molar-refractivity contribution in [2.24, 2.45) is 5.41 Å². The molecule has 1 unspecified atom stereocenters. The highest BCUT2D eigenvalue weighted by Gasteiger charge is 2.56. The van der Waals surface area contributed by atoms with Gasteiger partial charge in [0.25, 0.3) is 0 Å². The minimum atomic E-state index is -0.358. The van der Waals surface area contributed by atoms with Crippen molar-refractivity contribution in [3.8, 4) is 0 Å². The molecule has 0 saturated heterocycles. The summed E-state index contributed by atoms with van der Waals surface area (Å²) in [7, 11) is 3.38. The second-order valence-corrected chi connectivity index (χ2v) is 5.69. The number of benzene rings is 1. The lowest BCUT2D eigenvalue weighted by Crippen LogP contribution is -2.33. The summed E-state index contributed by atoms with van der Waals surface area (Å²) in [6.07, 6.45) is 1.80. The zero-order valence-corrected chi connectivity index (χ0v) is 12.2. The third kappa shape index (κ3) is 2.52. The summed E-state index contributed by atoms with van der Waals surface area (Å²) in [5, 5.41) is 3.28. The number of methoxy groups -OCH3 is 1. The van der Waals surface area contributed by atoms with Crippen LogP contribution in [0.3, 0.4) is 0 Å². The highest BCUT2D eigenvalue weighted by atomic mass is 16.5. The van der Waals surface area contributed by atoms with E-state index in [1.165, 1.54) is 12.7 Å². The Morgan fingerprint density at radius 2 is 1.74 bits per heavy atom. The van der Waals surface area contributed by atoms with E-state index in [1.54, 1.807) is 0 Å². The van der Waals surface area contributed by atoms with Gasteiger partial charge in [-0.3, -0.25) is 4.79 Å². The number of esters is 1. The largest absolute Gasteiger partial charge is 0.469 e. The number of carbonyl (C=O) groups excluding carboxylic acids is 1. The first-order chi connectivity index (χ1) is 9.05. The number of rotatable bonds is 5. The SMILES string of the molecule is CNC(c1ccc(C(C)C)cc1)C1(C(=O)OC)CC1. The molecule has 0 aliphatic heterocycles. The van der Waals surface area contributed by atoms with Crippen LogP contribution in [0, 0.1) is 5.41 Å². The normalized spacial score (nSPS) is 18.2. The molecule has 0 heterocycles. The molecule has 3 heteroatoms. The molecule has 1 fully saturated rings. The maximum absolute atomic E-state index is 12.0. The summed E-state index contributed by atoms with van der Waals surface area (Å²) in [5.41, 5.74) is 2.12. The maximum Gasteiger partial charge on any atom is 0.313 e. The minimum Gasteiger partial charge on any atom is -0.469 e. The highest BCUT2D eigenvalue weighted by molar-refractivity contribution is 5.81. The zero-order valence-electron chi connectivity index (χ0n) is 12.2. The molecule has 1 aliphatic carbocycles. The molecule has 0 spiro atoms. The number of ether oxygens (including phenoxy) is 1. The molecule has 0 radical (unpaired) electrons. The molecule has 104 valence electrons. The van der Waals surface area contributed by atoms with Crippen molar-refractivity contribution in [3.05, 3.63) is 35.4 Å². The van der Waals surface area contributed by atoms with Gasteiger partial charge >= 0.3 is 5.97 Å². The van der Waals surface area contributed by atoms with Crippen molar-refractivity contribution in [1.29, 1.82) is 0 Å². The summed E-state index contributed by atoms with van der Waals surface area (Å²) < 4.78 is 4.96. The predicted molar refractivity (Wildman–Crippen MR) is 76.0 cm³/mol. The molecule has 19 heavy (non-hydrogen) atoms. The molecule has 0 bridgehead atoms. The Labute approximate surface area is 115 Å². The van der Waals surface area contributed by atoms with Gasteiger partial charge in [0.1, 0.15) is 0 Å². The summed E-state index contributed by atoms with van der Waals surface area (Å²) in [6.45, 7) is 4.36. The van der Waals surface area contributed by atoms with Gasteiger partial charge in [-0.05, 0) is 36.9 Å². The summed E-state index contributed by atoms with van der Waals surface area (Å²) in [5.74, 6) is 0.428. The molecule has 0 amide bonds. The van der Waals surface area contributed by atoms with Gasteiger partial charge < -0.3 is 10.1 Å². The van der Waals surface area contributed by atoms with Crippen LogP contribution in [0.1, 0.15) is 49.8 Å². The van der Waals surface area contributed by atoms with Gasteiger partial charge in [-0.2, -0.15) is 0 Å². The lowest BCUT2D eigenvalue weighted by molar-refractivity contribution is -0.148. The maximum atomic E-state index is 12.0. The molecular weight excluding hydrogens is 238 g/mol. The van der Waals surface area contributed by atoms with E-state index in [-0.39, 0.29) is 17.4 Å². The third-order valence-electron chi connectivity index (χ3n) is 4.16. The topological polar surface area (TPSA) is 38.3 Å². The van der Waals surface area contributed by atoms with Crippen LogP contribution in [-0.2, 0) is 9.53 Å². The lowest BCUT2D eigenvalue weighted by Gasteiger charge is -2.25. The summed E-state index contributed by atoms with van der Waals surface area (Å²) in [6, 6.07) is 8.59. The van der Waals surface area contributed by atoms with E-state index in [2.05, 4.69) is 43.4 Å². The molecule has 1 N–H and O–H groups in total. The van der Waals surface area contributed by atoms with Crippen LogP contribution >= 0.6 is 0 Å². The number of carbonyl (C=O) groups is 1. The van der Waals surface area contributed by atoms with Gasteiger partial charge in [0.15, 0.2) is 0 Å². The van der Waals surface area contributed by atoms with Crippen LogP contribution < -0.4 is 5.32 Å². The molecule has 1 aromatic carbocycles. The van der Waals surface area contributed by atoms with E-state index >= 15 is 0 Å². The molecule has 0 aromatic heterocycles.